The van der Waals surface area contributed by atoms with Gasteiger partial charge in [-0.1, -0.05) is 31.2 Å². The highest BCUT2D eigenvalue weighted by molar-refractivity contribution is 5.40. The summed E-state index contributed by atoms with van der Waals surface area (Å²) in [7, 11) is 0. The molecule has 2 atom stereocenters. The van der Waals surface area contributed by atoms with Gasteiger partial charge in [0.15, 0.2) is 0 Å². The minimum Gasteiger partial charge on any atom is -0.309 e. The molecule has 1 aromatic heterocycles. The van der Waals surface area contributed by atoms with Crippen LogP contribution in [-0.2, 0) is 6.42 Å². The molecule has 0 aliphatic heterocycles. The lowest BCUT2D eigenvalue weighted by Crippen LogP contribution is -2.27. The predicted octanol–water partition coefficient (Wildman–Crippen LogP) is 2.86. The fourth-order valence-corrected chi connectivity index (χ4v) is 2.90. The van der Waals surface area contributed by atoms with E-state index in [2.05, 4.69) is 46.5 Å². The molecule has 2 aromatic rings. The van der Waals surface area contributed by atoms with Crippen LogP contribution < -0.4 is 5.32 Å². The molecule has 0 amide bonds. The number of hydrogen-bond donors (Lipinski definition) is 1. The fourth-order valence-electron chi connectivity index (χ4n) is 2.90. The first-order valence-electron chi connectivity index (χ1n) is 6.95. The van der Waals surface area contributed by atoms with Crippen molar-refractivity contribution in [2.45, 2.75) is 31.7 Å². The summed E-state index contributed by atoms with van der Waals surface area (Å²) >= 11 is 0. The minimum atomic E-state index is 0.303. The van der Waals surface area contributed by atoms with E-state index in [1.807, 2.05) is 6.20 Å². The summed E-state index contributed by atoms with van der Waals surface area (Å²) in [5, 5.41) is 3.53. The van der Waals surface area contributed by atoms with Gasteiger partial charge in [0, 0.05) is 18.6 Å². The van der Waals surface area contributed by atoms with Crippen LogP contribution in [0.4, 0.5) is 0 Å². The minimum absolute atomic E-state index is 0.303. The lowest BCUT2D eigenvalue weighted by molar-refractivity contribution is 0.428. The Kier molecular flexibility index (Phi) is 3.56. The average Bonchev–Trinajstić information content (AvgIpc) is 2.44. The molecule has 0 spiro atoms. The Labute approximate surface area is 114 Å². The molecular formula is C16H19N3. The van der Waals surface area contributed by atoms with Crippen LogP contribution in [0.1, 0.15) is 42.1 Å². The molecule has 0 saturated carbocycles. The molecule has 3 nitrogen and oxygen atoms in total. The standard InChI is InChI=1S/C16H19N3/c1-2-18-15(16-11-17-7-8-19-16)10-13-9-12-5-3-4-6-14(12)13/h3-8,11,13,15,18H,2,9-10H2,1H3. The van der Waals surface area contributed by atoms with Crippen molar-refractivity contribution < 1.29 is 0 Å². The molecule has 0 radical (unpaired) electrons. The molecule has 0 bridgehead atoms. The Hall–Kier alpha value is -1.74. The van der Waals surface area contributed by atoms with E-state index in [0.717, 1.165) is 18.7 Å². The van der Waals surface area contributed by atoms with E-state index in [-0.39, 0.29) is 0 Å². The van der Waals surface area contributed by atoms with Crippen LogP contribution in [0.3, 0.4) is 0 Å². The van der Waals surface area contributed by atoms with Crippen molar-refractivity contribution >= 4 is 0 Å². The fraction of sp³-hybridized carbons (Fsp3) is 0.375. The van der Waals surface area contributed by atoms with E-state index >= 15 is 0 Å². The normalized spacial score (nSPS) is 18.5. The predicted molar refractivity (Wildman–Crippen MR) is 76.0 cm³/mol. The number of rotatable bonds is 5. The topological polar surface area (TPSA) is 37.8 Å². The maximum Gasteiger partial charge on any atom is 0.0756 e. The van der Waals surface area contributed by atoms with Crippen molar-refractivity contribution in [1.29, 1.82) is 0 Å². The summed E-state index contributed by atoms with van der Waals surface area (Å²) in [6, 6.07) is 9.05. The Morgan fingerprint density at radius 3 is 2.95 bits per heavy atom. The van der Waals surface area contributed by atoms with Gasteiger partial charge in [-0.15, -0.1) is 0 Å². The van der Waals surface area contributed by atoms with Gasteiger partial charge in [-0.05, 0) is 36.4 Å². The highest BCUT2D eigenvalue weighted by Crippen LogP contribution is 2.40. The van der Waals surface area contributed by atoms with Gasteiger partial charge in [0.25, 0.3) is 0 Å². The van der Waals surface area contributed by atoms with Crippen LogP contribution in [-0.4, -0.2) is 16.5 Å². The second-order valence-electron chi connectivity index (χ2n) is 5.08. The summed E-state index contributed by atoms with van der Waals surface area (Å²) in [6.07, 6.45) is 7.67. The number of fused-ring (bicyclic) bond motifs is 1. The summed E-state index contributed by atoms with van der Waals surface area (Å²) in [5.41, 5.74) is 4.06. The highest BCUT2D eigenvalue weighted by Gasteiger charge is 2.28. The van der Waals surface area contributed by atoms with Crippen molar-refractivity contribution in [1.82, 2.24) is 15.3 Å². The van der Waals surface area contributed by atoms with Crippen LogP contribution in [0.2, 0.25) is 0 Å². The zero-order chi connectivity index (χ0) is 13.1. The summed E-state index contributed by atoms with van der Waals surface area (Å²) in [4.78, 5) is 8.62. The van der Waals surface area contributed by atoms with Crippen molar-refractivity contribution in [3.8, 4) is 0 Å². The molecule has 0 saturated heterocycles. The molecule has 3 rings (SSSR count). The molecule has 0 fully saturated rings. The number of benzene rings is 1. The molecule has 2 unspecified atom stereocenters. The second-order valence-corrected chi connectivity index (χ2v) is 5.08. The molecule has 1 aliphatic rings. The third kappa shape index (κ3) is 2.51. The maximum absolute atomic E-state index is 4.44. The van der Waals surface area contributed by atoms with Crippen molar-refractivity contribution in [3.63, 3.8) is 0 Å². The summed E-state index contributed by atoms with van der Waals surface area (Å²) < 4.78 is 0. The lowest BCUT2D eigenvalue weighted by Gasteiger charge is -2.33. The maximum atomic E-state index is 4.44. The van der Waals surface area contributed by atoms with Crippen LogP contribution >= 0.6 is 0 Å². The van der Waals surface area contributed by atoms with Crippen molar-refractivity contribution in [2.75, 3.05) is 6.54 Å². The van der Waals surface area contributed by atoms with Crippen molar-refractivity contribution in [3.05, 3.63) is 59.7 Å². The lowest BCUT2D eigenvalue weighted by atomic mass is 9.74. The number of hydrogen-bond acceptors (Lipinski definition) is 3. The van der Waals surface area contributed by atoms with Gasteiger partial charge in [-0.3, -0.25) is 9.97 Å². The van der Waals surface area contributed by atoms with E-state index in [1.165, 1.54) is 17.5 Å². The van der Waals surface area contributed by atoms with Gasteiger partial charge in [0.05, 0.1) is 11.7 Å². The van der Waals surface area contributed by atoms with Crippen LogP contribution in [0.5, 0.6) is 0 Å². The van der Waals surface area contributed by atoms with E-state index < -0.39 is 0 Å². The highest BCUT2D eigenvalue weighted by atomic mass is 14.9. The third-order valence-corrected chi connectivity index (χ3v) is 3.87. The molecular weight excluding hydrogens is 234 g/mol. The Morgan fingerprint density at radius 2 is 2.21 bits per heavy atom. The van der Waals surface area contributed by atoms with Gasteiger partial charge in [-0.25, -0.2) is 0 Å². The third-order valence-electron chi connectivity index (χ3n) is 3.87. The molecule has 1 aromatic carbocycles. The van der Waals surface area contributed by atoms with Gasteiger partial charge in [0.2, 0.25) is 0 Å². The van der Waals surface area contributed by atoms with Gasteiger partial charge < -0.3 is 5.32 Å². The van der Waals surface area contributed by atoms with E-state index in [0.29, 0.717) is 12.0 Å². The van der Waals surface area contributed by atoms with Crippen molar-refractivity contribution in [2.24, 2.45) is 0 Å². The monoisotopic (exact) mass is 253 g/mol. The van der Waals surface area contributed by atoms with E-state index in [1.54, 1.807) is 12.4 Å². The molecule has 19 heavy (non-hydrogen) atoms. The molecule has 3 heteroatoms. The summed E-state index contributed by atoms with van der Waals surface area (Å²) in [5.74, 6) is 0.655. The Balaban J connectivity index is 1.74. The molecule has 1 N–H and O–H groups in total. The molecule has 1 heterocycles. The van der Waals surface area contributed by atoms with E-state index in [9.17, 15) is 0 Å². The number of nitrogens with one attached hydrogen (secondary N) is 1. The van der Waals surface area contributed by atoms with Crippen LogP contribution in [0, 0.1) is 0 Å². The van der Waals surface area contributed by atoms with Gasteiger partial charge >= 0.3 is 0 Å². The molecule has 98 valence electrons. The van der Waals surface area contributed by atoms with E-state index in [4.69, 9.17) is 0 Å². The Bertz CT molecular complexity index is 539. The van der Waals surface area contributed by atoms with Crippen LogP contribution in [0.25, 0.3) is 0 Å². The SMILES string of the molecule is CCNC(CC1Cc2ccccc21)c1cnccn1. The first kappa shape index (κ1) is 12.3. The van der Waals surface area contributed by atoms with Gasteiger partial charge in [0.1, 0.15) is 0 Å². The summed E-state index contributed by atoms with van der Waals surface area (Å²) in [6.45, 7) is 3.09. The second kappa shape index (κ2) is 5.49. The number of aromatic nitrogens is 2. The molecule has 1 aliphatic carbocycles. The van der Waals surface area contributed by atoms with Gasteiger partial charge in [-0.2, -0.15) is 0 Å². The average molecular weight is 253 g/mol. The smallest absolute Gasteiger partial charge is 0.0756 e. The largest absolute Gasteiger partial charge is 0.309 e. The quantitative estimate of drug-likeness (QED) is 0.890. The zero-order valence-corrected chi connectivity index (χ0v) is 11.2. The Morgan fingerprint density at radius 1 is 1.32 bits per heavy atom. The first-order valence-corrected chi connectivity index (χ1v) is 6.95. The number of nitrogens with zero attached hydrogens (tertiary/aromatic N) is 2. The van der Waals surface area contributed by atoms with Crippen LogP contribution in [0.15, 0.2) is 42.9 Å². The first-order chi connectivity index (χ1) is 9.38. The zero-order valence-electron chi connectivity index (χ0n) is 11.2.